The lowest BCUT2D eigenvalue weighted by molar-refractivity contribution is 0.382. The summed E-state index contributed by atoms with van der Waals surface area (Å²) < 4.78 is 31.9. The molecule has 1 aromatic carbocycles. The van der Waals surface area contributed by atoms with Gasteiger partial charge in [0.15, 0.2) is 0 Å². The summed E-state index contributed by atoms with van der Waals surface area (Å²) in [4.78, 5) is 4.17. The van der Waals surface area contributed by atoms with Crippen molar-refractivity contribution in [1.82, 2.24) is 10.3 Å². The Morgan fingerprint density at radius 2 is 1.95 bits per heavy atom. The maximum Gasteiger partial charge on any atom is 0.217 e. The number of benzene rings is 1. The first kappa shape index (κ1) is 15.4. The van der Waals surface area contributed by atoms with Crippen molar-refractivity contribution in [3.8, 4) is 5.88 Å². The topological polar surface area (TPSA) is 34.2 Å². The summed E-state index contributed by atoms with van der Waals surface area (Å²) >= 11 is 0. The zero-order chi connectivity index (χ0) is 15.2. The summed E-state index contributed by atoms with van der Waals surface area (Å²) in [7, 11) is 1.55. The van der Waals surface area contributed by atoms with Crippen LogP contribution < -0.4 is 10.1 Å². The molecule has 2 rings (SSSR count). The van der Waals surface area contributed by atoms with Crippen molar-refractivity contribution >= 4 is 0 Å². The molecule has 0 amide bonds. The molecule has 112 valence electrons. The van der Waals surface area contributed by atoms with Gasteiger partial charge in [-0.05, 0) is 36.7 Å². The monoisotopic (exact) mass is 292 g/mol. The zero-order valence-electron chi connectivity index (χ0n) is 12.1. The molecule has 1 aromatic heterocycles. The minimum atomic E-state index is -0.571. The Morgan fingerprint density at radius 1 is 1.24 bits per heavy atom. The van der Waals surface area contributed by atoms with Gasteiger partial charge in [-0.2, -0.15) is 0 Å². The Kier molecular flexibility index (Phi) is 5.22. The number of nitrogens with zero attached hydrogens (tertiary/aromatic N) is 1. The van der Waals surface area contributed by atoms with Gasteiger partial charge in [-0.25, -0.2) is 13.8 Å². The fourth-order valence-corrected chi connectivity index (χ4v) is 2.34. The van der Waals surface area contributed by atoms with Gasteiger partial charge >= 0.3 is 0 Å². The lowest BCUT2D eigenvalue weighted by Gasteiger charge is -2.20. The number of rotatable bonds is 6. The van der Waals surface area contributed by atoms with Crippen LogP contribution in [0.3, 0.4) is 0 Å². The first-order valence-electron chi connectivity index (χ1n) is 6.81. The summed E-state index contributed by atoms with van der Waals surface area (Å²) in [5, 5.41) is 3.30. The minimum Gasteiger partial charge on any atom is -0.481 e. The molecular formula is C16H18F2N2O. The van der Waals surface area contributed by atoms with E-state index in [-0.39, 0.29) is 6.04 Å². The van der Waals surface area contributed by atoms with E-state index in [4.69, 9.17) is 4.74 Å². The van der Waals surface area contributed by atoms with E-state index in [1.807, 2.05) is 19.1 Å². The minimum absolute atomic E-state index is 0.125. The van der Waals surface area contributed by atoms with Crippen LogP contribution in [0.2, 0.25) is 0 Å². The van der Waals surface area contributed by atoms with Gasteiger partial charge in [0, 0.05) is 23.9 Å². The first-order chi connectivity index (χ1) is 10.1. The highest BCUT2D eigenvalue weighted by Crippen LogP contribution is 2.26. The van der Waals surface area contributed by atoms with Crippen LogP contribution in [-0.2, 0) is 6.42 Å². The number of methoxy groups -OCH3 is 1. The molecule has 1 N–H and O–H groups in total. The van der Waals surface area contributed by atoms with Crippen LogP contribution in [0.15, 0.2) is 36.5 Å². The van der Waals surface area contributed by atoms with E-state index in [0.717, 1.165) is 18.2 Å². The number of hydrogen-bond acceptors (Lipinski definition) is 3. The molecule has 1 heterocycles. The summed E-state index contributed by atoms with van der Waals surface area (Å²) in [6, 6.07) is 7.14. The Labute approximate surface area is 123 Å². The highest BCUT2D eigenvalue weighted by atomic mass is 19.1. The van der Waals surface area contributed by atoms with E-state index < -0.39 is 11.6 Å². The number of ether oxygens (including phenoxy) is 1. The van der Waals surface area contributed by atoms with Crippen molar-refractivity contribution in [2.45, 2.75) is 19.4 Å². The molecule has 0 aliphatic carbocycles. The van der Waals surface area contributed by atoms with Gasteiger partial charge in [-0.3, -0.25) is 0 Å². The third kappa shape index (κ3) is 3.98. The average molecular weight is 292 g/mol. The van der Waals surface area contributed by atoms with Crippen LogP contribution in [0.1, 0.15) is 24.1 Å². The van der Waals surface area contributed by atoms with E-state index in [2.05, 4.69) is 10.3 Å². The lowest BCUT2D eigenvalue weighted by Crippen LogP contribution is -2.23. The molecule has 1 unspecified atom stereocenters. The van der Waals surface area contributed by atoms with Crippen molar-refractivity contribution in [2.75, 3.05) is 13.7 Å². The molecule has 5 heteroatoms. The molecule has 21 heavy (non-hydrogen) atoms. The molecule has 0 fully saturated rings. The standard InChI is InChI=1S/C16H18F2N2O/c1-3-19-15(14-5-4-6-20-16(14)21-2)9-11-7-12(17)10-13(18)8-11/h4-8,10,15,19H,3,9H2,1-2H3. The highest BCUT2D eigenvalue weighted by Gasteiger charge is 2.17. The van der Waals surface area contributed by atoms with E-state index >= 15 is 0 Å². The van der Waals surface area contributed by atoms with Gasteiger partial charge in [-0.15, -0.1) is 0 Å². The average Bonchev–Trinajstić information content (AvgIpc) is 2.45. The zero-order valence-corrected chi connectivity index (χ0v) is 12.1. The third-order valence-corrected chi connectivity index (χ3v) is 3.18. The van der Waals surface area contributed by atoms with Crippen molar-refractivity contribution < 1.29 is 13.5 Å². The van der Waals surface area contributed by atoms with Gasteiger partial charge in [0.1, 0.15) is 11.6 Å². The smallest absolute Gasteiger partial charge is 0.217 e. The quantitative estimate of drug-likeness (QED) is 0.887. The van der Waals surface area contributed by atoms with Crippen molar-refractivity contribution in [2.24, 2.45) is 0 Å². The number of likely N-dealkylation sites (N-methyl/N-ethyl adjacent to an activating group) is 1. The number of aromatic nitrogens is 1. The predicted octanol–water partition coefficient (Wildman–Crippen LogP) is 3.26. The van der Waals surface area contributed by atoms with E-state index in [9.17, 15) is 8.78 Å². The molecule has 0 saturated carbocycles. The predicted molar refractivity (Wildman–Crippen MR) is 77.3 cm³/mol. The fraction of sp³-hybridized carbons (Fsp3) is 0.312. The van der Waals surface area contributed by atoms with Crippen LogP contribution in [0.4, 0.5) is 8.78 Å². The number of nitrogens with one attached hydrogen (secondary N) is 1. The second kappa shape index (κ2) is 7.13. The second-order valence-corrected chi connectivity index (χ2v) is 4.69. The summed E-state index contributed by atoms with van der Waals surface area (Å²) in [6.45, 7) is 2.70. The number of hydrogen-bond donors (Lipinski definition) is 1. The normalized spacial score (nSPS) is 12.2. The fourth-order valence-electron chi connectivity index (χ4n) is 2.34. The molecule has 0 radical (unpaired) electrons. The number of halogens is 2. The van der Waals surface area contributed by atoms with Gasteiger partial charge in [0.25, 0.3) is 0 Å². The molecule has 2 aromatic rings. The number of pyridine rings is 1. The third-order valence-electron chi connectivity index (χ3n) is 3.18. The molecular weight excluding hydrogens is 274 g/mol. The van der Waals surface area contributed by atoms with Crippen LogP contribution in [0.5, 0.6) is 5.88 Å². The second-order valence-electron chi connectivity index (χ2n) is 4.69. The molecule has 0 bridgehead atoms. The Morgan fingerprint density at radius 3 is 2.57 bits per heavy atom. The van der Waals surface area contributed by atoms with Crippen LogP contribution in [0, 0.1) is 11.6 Å². The Hall–Kier alpha value is -2.01. The van der Waals surface area contributed by atoms with Crippen LogP contribution in [-0.4, -0.2) is 18.6 Å². The van der Waals surface area contributed by atoms with E-state index in [1.165, 1.54) is 12.1 Å². The van der Waals surface area contributed by atoms with Gasteiger partial charge in [0.2, 0.25) is 5.88 Å². The summed E-state index contributed by atoms with van der Waals surface area (Å²) in [5.74, 6) is -0.628. The van der Waals surface area contributed by atoms with Crippen molar-refractivity contribution in [3.05, 3.63) is 59.3 Å². The van der Waals surface area contributed by atoms with Gasteiger partial charge in [-0.1, -0.05) is 13.0 Å². The molecule has 0 spiro atoms. The van der Waals surface area contributed by atoms with E-state index in [0.29, 0.717) is 17.9 Å². The van der Waals surface area contributed by atoms with Crippen LogP contribution in [0.25, 0.3) is 0 Å². The summed E-state index contributed by atoms with van der Waals surface area (Å²) in [6.07, 6.45) is 2.10. The molecule has 0 saturated heterocycles. The molecule has 0 aliphatic heterocycles. The van der Waals surface area contributed by atoms with Crippen molar-refractivity contribution in [3.63, 3.8) is 0 Å². The van der Waals surface area contributed by atoms with Gasteiger partial charge in [0.05, 0.1) is 7.11 Å². The highest BCUT2D eigenvalue weighted by molar-refractivity contribution is 5.31. The molecule has 1 atom stereocenters. The lowest BCUT2D eigenvalue weighted by atomic mass is 9.99. The first-order valence-corrected chi connectivity index (χ1v) is 6.81. The van der Waals surface area contributed by atoms with E-state index in [1.54, 1.807) is 13.3 Å². The van der Waals surface area contributed by atoms with Crippen molar-refractivity contribution in [1.29, 1.82) is 0 Å². The molecule has 3 nitrogen and oxygen atoms in total. The largest absolute Gasteiger partial charge is 0.481 e. The maximum absolute atomic E-state index is 13.3. The molecule has 0 aliphatic rings. The Bertz CT molecular complexity index is 584. The SMILES string of the molecule is CCNC(Cc1cc(F)cc(F)c1)c1cccnc1OC. The van der Waals surface area contributed by atoms with Gasteiger partial charge < -0.3 is 10.1 Å². The van der Waals surface area contributed by atoms with Crippen LogP contribution >= 0.6 is 0 Å². The Balaban J connectivity index is 2.30. The maximum atomic E-state index is 13.3. The summed E-state index contributed by atoms with van der Waals surface area (Å²) in [5.41, 5.74) is 1.45.